The molecule has 0 bridgehead atoms. The third kappa shape index (κ3) is 2.75. The molecule has 2 atom stereocenters. The third-order valence-electron chi connectivity index (χ3n) is 5.97. The molecule has 18 heavy (non-hydrogen) atoms. The minimum Gasteiger partial charge on any atom is -0.389 e. The number of aliphatic hydroxyl groups is 1. The molecular weight excluding hydrogens is 222 g/mol. The van der Waals surface area contributed by atoms with E-state index in [-0.39, 0.29) is 5.41 Å². The van der Waals surface area contributed by atoms with E-state index in [1.54, 1.807) is 0 Å². The predicted octanol–water partition coefficient (Wildman–Crippen LogP) is 3.57. The maximum absolute atomic E-state index is 11.0. The van der Waals surface area contributed by atoms with Crippen LogP contribution in [-0.2, 0) is 0 Å². The van der Waals surface area contributed by atoms with Gasteiger partial charge in [0, 0.05) is 12.0 Å². The fourth-order valence-corrected chi connectivity index (χ4v) is 3.70. The van der Waals surface area contributed by atoms with Crippen molar-refractivity contribution in [2.75, 3.05) is 6.54 Å². The molecule has 0 aromatic rings. The SMILES string of the molecule is CCC(C)C(C)(O)C1(CN)CCC(C(C)C)CC1. The lowest BCUT2D eigenvalue weighted by Crippen LogP contribution is -2.56. The lowest BCUT2D eigenvalue weighted by Gasteiger charge is -2.52. The highest BCUT2D eigenvalue weighted by molar-refractivity contribution is 5.01. The standard InChI is InChI=1S/C16H33NO/c1-6-13(4)15(5,18)16(11-17)9-7-14(8-10-16)12(2)3/h12-14,18H,6-11,17H2,1-5H3. The molecule has 1 aliphatic carbocycles. The van der Waals surface area contributed by atoms with Gasteiger partial charge in [0.05, 0.1) is 5.60 Å². The Balaban J connectivity index is 2.83. The fraction of sp³-hybridized carbons (Fsp3) is 1.00. The van der Waals surface area contributed by atoms with Crippen molar-refractivity contribution in [3.05, 3.63) is 0 Å². The average Bonchev–Trinajstić information content (AvgIpc) is 2.37. The van der Waals surface area contributed by atoms with Crippen LogP contribution in [0.25, 0.3) is 0 Å². The Morgan fingerprint density at radius 1 is 1.28 bits per heavy atom. The van der Waals surface area contributed by atoms with E-state index in [0.29, 0.717) is 12.5 Å². The number of hydrogen-bond donors (Lipinski definition) is 2. The van der Waals surface area contributed by atoms with Gasteiger partial charge in [0.1, 0.15) is 0 Å². The first-order valence-electron chi connectivity index (χ1n) is 7.73. The van der Waals surface area contributed by atoms with Crippen LogP contribution < -0.4 is 5.73 Å². The van der Waals surface area contributed by atoms with E-state index in [0.717, 1.165) is 31.1 Å². The number of nitrogens with two attached hydrogens (primary N) is 1. The molecule has 3 N–H and O–H groups in total. The van der Waals surface area contributed by atoms with Crippen LogP contribution in [0.4, 0.5) is 0 Å². The maximum atomic E-state index is 11.0. The smallest absolute Gasteiger partial charge is 0.0713 e. The Morgan fingerprint density at radius 2 is 1.78 bits per heavy atom. The second-order valence-electron chi connectivity index (χ2n) is 7.02. The summed E-state index contributed by atoms with van der Waals surface area (Å²) in [6.45, 7) is 11.6. The van der Waals surface area contributed by atoms with Gasteiger partial charge >= 0.3 is 0 Å². The lowest BCUT2D eigenvalue weighted by atomic mass is 9.57. The van der Waals surface area contributed by atoms with Crippen molar-refractivity contribution in [2.45, 2.75) is 72.3 Å². The molecule has 0 aromatic heterocycles. The fourth-order valence-electron chi connectivity index (χ4n) is 3.70. The highest BCUT2D eigenvalue weighted by atomic mass is 16.3. The van der Waals surface area contributed by atoms with Crippen LogP contribution in [0.15, 0.2) is 0 Å². The lowest BCUT2D eigenvalue weighted by molar-refractivity contribution is -0.128. The first-order valence-corrected chi connectivity index (χ1v) is 7.73. The van der Waals surface area contributed by atoms with Gasteiger partial charge in [-0.05, 0) is 50.4 Å². The molecule has 1 fully saturated rings. The summed E-state index contributed by atoms with van der Waals surface area (Å²) in [6, 6.07) is 0. The van der Waals surface area contributed by atoms with E-state index in [1.807, 2.05) is 6.92 Å². The summed E-state index contributed by atoms with van der Waals surface area (Å²) in [7, 11) is 0. The van der Waals surface area contributed by atoms with Gasteiger partial charge < -0.3 is 10.8 Å². The molecule has 2 unspecified atom stereocenters. The molecule has 0 heterocycles. The molecule has 0 radical (unpaired) electrons. The van der Waals surface area contributed by atoms with Crippen LogP contribution in [0.2, 0.25) is 0 Å². The molecule has 1 aliphatic rings. The molecule has 1 saturated carbocycles. The van der Waals surface area contributed by atoms with Gasteiger partial charge in [-0.25, -0.2) is 0 Å². The van der Waals surface area contributed by atoms with Gasteiger partial charge in [-0.1, -0.05) is 34.1 Å². The van der Waals surface area contributed by atoms with Crippen LogP contribution in [0, 0.1) is 23.2 Å². The summed E-state index contributed by atoms with van der Waals surface area (Å²) in [5.74, 6) is 1.89. The van der Waals surface area contributed by atoms with Gasteiger partial charge in [0.2, 0.25) is 0 Å². The molecule has 0 aromatic carbocycles. The Hall–Kier alpha value is -0.0800. The molecule has 2 nitrogen and oxygen atoms in total. The highest BCUT2D eigenvalue weighted by Gasteiger charge is 2.50. The molecule has 0 amide bonds. The average molecular weight is 255 g/mol. The first kappa shape index (κ1) is 16.0. The predicted molar refractivity (Wildman–Crippen MR) is 78.4 cm³/mol. The molecule has 0 aliphatic heterocycles. The molecular formula is C16H33NO. The zero-order valence-electron chi connectivity index (χ0n) is 13.0. The monoisotopic (exact) mass is 255 g/mol. The first-order chi connectivity index (χ1) is 8.30. The maximum Gasteiger partial charge on any atom is 0.0713 e. The Labute approximate surface area is 113 Å². The summed E-state index contributed by atoms with van der Waals surface area (Å²) < 4.78 is 0. The summed E-state index contributed by atoms with van der Waals surface area (Å²) in [4.78, 5) is 0. The summed E-state index contributed by atoms with van der Waals surface area (Å²) in [5.41, 5.74) is 5.39. The van der Waals surface area contributed by atoms with Crippen molar-refractivity contribution in [2.24, 2.45) is 28.9 Å². The normalized spacial score (nSPS) is 34.3. The minimum atomic E-state index is -0.627. The van der Waals surface area contributed by atoms with Gasteiger partial charge in [-0.2, -0.15) is 0 Å². The van der Waals surface area contributed by atoms with Crippen molar-refractivity contribution in [1.29, 1.82) is 0 Å². The van der Waals surface area contributed by atoms with E-state index in [4.69, 9.17) is 5.73 Å². The molecule has 108 valence electrons. The summed E-state index contributed by atoms with van der Waals surface area (Å²) in [5, 5.41) is 11.0. The quantitative estimate of drug-likeness (QED) is 0.789. The largest absolute Gasteiger partial charge is 0.389 e. The molecule has 2 heteroatoms. The zero-order valence-corrected chi connectivity index (χ0v) is 13.0. The number of hydrogen-bond acceptors (Lipinski definition) is 2. The second-order valence-corrected chi connectivity index (χ2v) is 7.02. The van der Waals surface area contributed by atoms with Crippen molar-refractivity contribution in [3.8, 4) is 0 Å². The van der Waals surface area contributed by atoms with Crippen LogP contribution in [-0.4, -0.2) is 17.3 Å². The van der Waals surface area contributed by atoms with Crippen LogP contribution in [0.5, 0.6) is 0 Å². The summed E-state index contributed by atoms with van der Waals surface area (Å²) in [6.07, 6.45) is 5.64. The van der Waals surface area contributed by atoms with Crippen molar-refractivity contribution in [3.63, 3.8) is 0 Å². The van der Waals surface area contributed by atoms with E-state index in [1.165, 1.54) is 12.8 Å². The second kappa shape index (κ2) is 5.92. The van der Waals surface area contributed by atoms with Crippen molar-refractivity contribution >= 4 is 0 Å². The minimum absolute atomic E-state index is 0.0617. The van der Waals surface area contributed by atoms with Gasteiger partial charge in [-0.3, -0.25) is 0 Å². The van der Waals surface area contributed by atoms with E-state index < -0.39 is 5.60 Å². The third-order valence-corrected chi connectivity index (χ3v) is 5.97. The van der Waals surface area contributed by atoms with Gasteiger partial charge in [-0.15, -0.1) is 0 Å². The Bertz CT molecular complexity index is 252. The molecule has 1 rings (SSSR count). The topological polar surface area (TPSA) is 46.2 Å². The van der Waals surface area contributed by atoms with Crippen molar-refractivity contribution in [1.82, 2.24) is 0 Å². The van der Waals surface area contributed by atoms with E-state index in [2.05, 4.69) is 27.7 Å². The number of rotatable bonds is 5. The van der Waals surface area contributed by atoms with Crippen LogP contribution in [0.3, 0.4) is 0 Å². The van der Waals surface area contributed by atoms with Crippen molar-refractivity contribution < 1.29 is 5.11 Å². The molecule has 0 saturated heterocycles. The van der Waals surface area contributed by atoms with E-state index in [9.17, 15) is 5.11 Å². The van der Waals surface area contributed by atoms with Gasteiger partial charge in [0.15, 0.2) is 0 Å². The van der Waals surface area contributed by atoms with Gasteiger partial charge in [0.25, 0.3) is 0 Å². The zero-order chi connectivity index (χ0) is 14.0. The van der Waals surface area contributed by atoms with E-state index >= 15 is 0 Å². The Morgan fingerprint density at radius 3 is 2.11 bits per heavy atom. The summed E-state index contributed by atoms with van der Waals surface area (Å²) >= 11 is 0. The molecule has 0 spiro atoms. The van der Waals surface area contributed by atoms with Crippen LogP contribution >= 0.6 is 0 Å². The highest BCUT2D eigenvalue weighted by Crippen LogP contribution is 2.50. The Kier molecular flexibility index (Phi) is 5.25. The van der Waals surface area contributed by atoms with Crippen LogP contribution in [0.1, 0.15) is 66.7 Å².